The van der Waals surface area contributed by atoms with Gasteiger partial charge >= 0.3 is 6.01 Å². The van der Waals surface area contributed by atoms with Gasteiger partial charge in [0.2, 0.25) is 6.54 Å². The predicted molar refractivity (Wildman–Crippen MR) is 81.6 cm³/mol. The summed E-state index contributed by atoms with van der Waals surface area (Å²) in [4.78, 5) is 8.15. The SMILES string of the molecule is CC(C)(C)Oc1cc[n+](CC(C)(C)Oc2ncccn2)nc1. The van der Waals surface area contributed by atoms with E-state index in [1.54, 1.807) is 29.3 Å². The number of ether oxygens (including phenoxy) is 2. The van der Waals surface area contributed by atoms with Crippen LogP contribution < -0.4 is 14.2 Å². The Balaban J connectivity index is 2.00. The number of hydrogen-bond donors (Lipinski definition) is 0. The summed E-state index contributed by atoms with van der Waals surface area (Å²) < 4.78 is 13.4. The minimum Gasteiger partial charge on any atom is -0.486 e. The van der Waals surface area contributed by atoms with Crippen LogP contribution in [0.1, 0.15) is 34.6 Å². The molecule has 0 fully saturated rings. The molecular weight excluding hydrogens is 280 g/mol. The first kappa shape index (κ1) is 16.1. The first-order valence-corrected chi connectivity index (χ1v) is 7.24. The molecule has 2 rings (SSSR count). The zero-order valence-corrected chi connectivity index (χ0v) is 13.8. The molecule has 0 spiro atoms. The fourth-order valence-corrected chi connectivity index (χ4v) is 1.89. The van der Waals surface area contributed by atoms with Gasteiger partial charge in [0.1, 0.15) is 17.5 Å². The first-order valence-electron chi connectivity index (χ1n) is 7.24. The van der Waals surface area contributed by atoms with E-state index >= 15 is 0 Å². The number of aromatic nitrogens is 4. The van der Waals surface area contributed by atoms with Gasteiger partial charge in [-0.25, -0.2) is 9.97 Å². The highest BCUT2D eigenvalue weighted by Crippen LogP contribution is 2.16. The molecule has 0 saturated carbocycles. The second-order valence-corrected chi connectivity index (χ2v) is 6.67. The summed E-state index contributed by atoms with van der Waals surface area (Å²) in [7, 11) is 0. The van der Waals surface area contributed by atoms with Crippen LogP contribution in [0.25, 0.3) is 0 Å². The average Bonchev–Trinajstić information content (AvgIpc) is 2.39. The maximum Gasteiger partial charge on any atom is 0.317 e. The van der Waals surface area contributed by atoms with Crippen LogP contribution in [0.2, 0.25) is 0 Å². The summed E-state index contributed by atoms with van der Waals surface area (Å²) in [5.74, 6) is 0.744. The van der Waals surface area contributed by atoms with Gasteiger partial charge in [-0.2, -0.15) is 0 Å². The van der Waals surface area contributed by atoms with Crippen molar-refractivity contribution in [1.82, 2.24) is 15.1 Å². The van der Waals surface area contributed by atoms with Crippen molar-refractivity contribution >= 4 is 0 Å². The molecule has 2 heterocycles. The summed E-state index contributed by atoms with van der Waals surface area (Å²) in [5, 5.41) is 4.36. The molecule has 0 aliphatic carbocycles. The summed E-state index contributed by atoms with van der Waals surface area (Å²) >= 11 is 0. The molecule has 2 aromatic rings. The molecule has 0 N–H and O–H groups in total. The van der Waals surface area contributed by atoms with E-state index in [-0.39, 0.29) is 5.60 Å². The van der Waals surface area contributed by atoms with E-state index < -0.39 is 5.60 Å². The van der Waals surface area contributed by atoms with Gasteiger partial charge in [0.25, 0.3) is 0 Å². The van der Waals surface area contributed by atoms with Gasteiger partial charge in [-0.05, 0) is 45.8 Å². The predicted octanol–water partition coefficient (Wildman–Crippen LogP) is 2.19. The quantitative estimate of drug-likeness (QED) is 0.792. The fraction of sp³-hybridized carbons (Fsp3) is 0.500. The van der Waals surface area contributed by atoms with Gasteiger partial charge in [0, 0.05) is 18.5 Å². The Morgan fingerprint density at radius 2 is 1.73 bits per heavy atom. The Morgan fingerprint density at radius 3 is 2.27 bits per heavy atom. The molecule has 22 heavy (non-hydrogen) atoms. The zero-order valence-electron chi connectivity index (χ0n) is 13.8. The van der Waals surface area contributed by atoms with Crippen LogP contribution in [0.3, 0.4) is 0 Å². The molecule has 0 amide bonds. The van der Waals surface area contributed by atoms with E-state index in [1.165, 1.54) is 0 Å². The van der Waals surface area contributed by atoms with Gasteiger partial charge in [-0.15, -0.1) is 0 Å². The average molecular weight is 303 g/mol. The smallest absolute Gasteiger partial charge is 0.317 e. The fourth-order valence-electron chi connectivity index (χ4n) is 1.89. The molecule has 0 unspecified atom stereocenters. The highest BCUT2D eigenvalue weighted by Gasteiger charge is 2.28. The highest BCUT2D eigenvalue weighted by atomic mass is 16.5. The van der Waals surface area contributed by atoms with Crippen LogP contribution in [-0.4, -0.2) is 26.3 Å². The van der Waals surface area contributed by atoms with Gasteiger partial charge in [0.15, 0.2) is 11.8 Å². The second-order valence-electron chi connectivity index (χ2n) is 6.67. The van der Waals surface area contributed by atoms with E-state index in [9.17, 15) is 0 Å². The van der Waals surface area contributed by atoms with Crippen LogP contribution in [-0.2, 0) is 6.54 Å². The molecule has 0 bridgehead atoms. The lowest BCUT2D eigenvalue weighted by Gasteiger charge is -2.21. The van der Waals surface area contributed by atoms with E-state index in [4.69, 9.17) is 9.47 Å². The maximum atomic E-state index is 5.80. The van der Waals surface area contributed by atoms with Gasteiger partial charge < -0.3 is 9.47 Å². The van der Waals surface area contributed by atoms with Crippen molar-refractivity contribution < 1.29 is 14.2 Å². The standard InChI is InChI=1S/C16H23N4O2/c1-15(2,3)21-13-7-10-20(19-11-13)12-16(4,5)22-14-17-8-6-9-18-14/h6-11H,12H2,1-5H3/q+1. The molecule has 6 nitrogen and oxygen atoms in total. The van der Waals surface area contributed by atoms with Crippen molar-refractivity contribution in [2.24, 2.45) is 0 Å². The number of hydrogen-bond acceptors (Lipinski definition) is 5. The van der Waals surface area contributed by atoms with E-state index in [0.717, 1.165) is 5.75 Å². The Hall–Kier alpha value is -2.24. The largest absolute Gasteiger partial charge is 0.486 e. The van der Waals surface area contributed by atoms with Crippen LogP contribution >= 0.6 is 0 Å². The lowest BCUT2D eigenvalue weighted by molar-refractivity contribution is -0.763. The Labute approximate surface area is 131 Å². The lowest BCUT2D eigenvalue weighted by Crippen LogP contribution is -2.50. The van der Waals surface area contributed by atoms with Crippen molar-refractivity contribution in [3.05, 3.63) is 36.9 Å². The second kappa shape index (κ2) is 6.25. The lowest BCUT2D eigenvalue weighted by atomic mass is 10.1. The van der Waals surface area contributed by atoms with Crippen molar-refractivity contribution in [2.75, 3.05) is 0 Å². The minimum atomic E-state index is -0.481. The monoisotopic (exact) mass is 303 g/mol. The molecule has 0 aliphatic rings. The third-order valence-corrected chi connectivity index (χ3v) is 2.62. The topological polar surface area (TPSA) is 61.0 Å². The van der Waals surface area contributed by atoms with Crippen molar-refractivity contribution in [1.29, 1.82) is 0 Å². The summed E-state index contributed by atoms with van der Waals surface area (Å²) in [5.41, 5.74) is -0.716. The van der Waals surface area contributed by atoms with Gasteiger partial charge in [0.05, 0.1) is 0 Å². The van der Waals surface area contributed by atoms with Crippen LogP contribution in [0.4, 0.5) is 0 Å². The van der Waals surface area contributed by atoms with E-state index in [2.05, 4.69) is 15.1 Å². The highest BCUT2D eigenvalue weighted by molar-refractivity contribution is 5.12. The van der Waals surface area contributed by atoms with Crippen LogP contribution in [0, 0.1) is 0 Å². The molecule has 0 radical (unpaired) electrons. The normalized spacial score (nSPS) is 12.0. The van der Waals surface area contributed by atoms with Gasteiger partial charge in [-0.3, -0.25) is 0 Å². The summed E-state index contributed by atoms with van der Waals surface area (Å²) in [6.07, 6.45) is 6.89. The number of rotatable bonds is 5. The zero-order chi connectivity index (χ0) is 16.2. The van der Waals surface area contributed by atoms with E-state index in [0.29, 0.717) is 12.6 Å². The van der Waals surface area contributed by atoms with Crippen LogP contribution in [0.5, 0.6) is 11.8 Å². The molecule has 6 heteroatoms. The van der Waals surface area contributed by atoms with Gasteiger partial charge in [-0.1, -0.05) is 4.68 Å². The molecule has 0 saturated heterocycles. The maximum absolute atomic E-state index is 5.80. The Morgan fingerprint density at radius 1 is 1.05 bits per heavy atom. The summed E-state index contributed by atoms with van der Waals surface area (Å²) in [6, 6.07) is 4.01. The van der Waals surface area contributed by atoms with Crippen molar-refractivity contribution in [3.8, 4) is 11.8 Å². The molecule has 0 atom stereocenters. The van der Waals surface area contributed by atoms with E-state index in [1.807, 2.05) is 46.9 Å². The Bertz CT molecular complexity index is 592. The summed E-state index contributed by atoms with van der Waals surface area (Å²) in [6.45, 7) is 10.5. The molecule has 118 valence electrons. The van der Waals surface area contributed by atoms with Crippen molar-refractivity contribution in [3.63, 3.8) is 0 Å². The molecule has 0 aliphatic heterocycles. The third-order valence-electron chi connectivity index (χ3n) is 2.62. The minimum absolute atomic E-state index is 0.235. The molecule has 2 aromatic heterocycles. The molecular formula is C16H23N4O2+. The third kappa shape index (κ3) is 5.27. The molecule has 0 aromatic carbocycles. The Kier molecular flexibility index (Phi) is 4.59. The first-order chi connectivity index (χ1) is 10.2. The van der Waals surface area contributed by atoms with Crippen molar-refractivity contribution in [2.45, 2.75) is 52.4 Å². The number of nitrogens with zero attached hydrogens (tertiary/aromatic N) is 4. The van der Waals surface area contributed by atoms with Crippen LogP contribution in [0.15, 0.2) is 36.9 Å².